The number of halogens is 1. The monoisotopic (exact) mass is 322 g/mol. The number of rotatable bonds is 5. The molecule has 1 aromatic carbocycles. The second-order valence-corrected chi connectivity index (χ2v) is 4.97. The highest BCUT2D eigenvalue weighted by atomic mass is 35.5. The van der Waals surface area contributed by atoms with Crippen LogP contribution in [0.3, 0.4) is 0 Å². The van der Waals surface area contributed by atoms with Gasteiger partial charge in [0.15, 0.2) is 0 Å². The Morgan fingerprint density at radius 3 is 2.45 bits per heavy atom. The lowest BCUT2D eigenvalue weighted by atomic mass is 10.1. The molecule has 0 N–H and O–H groups in total. The summed E-state index contributed by atoms with van der Waals surface area (Å²) in [7, 11) is 2.57. The molecule has 22 heavy (non-hydrogen) atoms. The van der Waals surface area contributed by atoms with Crippen molar-refractivity contribution >= 4 is 23.5 Å². The molecule has 0 unspecified atom stereocenters. The van der Waals surface area contributed by atoms with E-state index < -0.39 is 11.9 Å². The summed E-state index contributed by atoms with van der Waals surface area (Å²) in [5.41, 5.74) is 1.64. The summed E-state index contributed by atoms with van der Waals surface area (Å²) in [6, 6.07) is 7.23. The molecule has 0 spiro atoms. The Morgan fingerprint density at radius 1 is 1.18 bits per heavy atom. The number of hydrogen-bond acceptors (Lipinski definition) is 5. The van der Waals surface area contributed by atoms with Crippen molar-refractivity contribution in [1.29, 1.82) is 0 Å². The number of ether oxygens (including phenoxy) is 2. The minimum absolute atomic E-state index is 0.0610. The van der Waals surface area contributed by atoms with Crippen LogP contribution < -0.4 is 0 Å². The third-order valence-corrected chi connectivity index (χ3v) is 3.39. The van der Waals surface area contributed by atoms with E-state index in [9.17, 15) is 9.59 Å². The van der Waals surface area contributed by atoms with Crippen molar-refractivity contribution in [2.75, 3.05) is 14.2 Å². The van der Waals surface area contributed by atoms with Crippen LogP contribution in [0.4, 0.5) is 0 Å². The number of hydrogen-bond donors (Lipinski definition) is 0. The van der Waals surface area contributed by atoms with Crippen molar-refractivity contribution in [3.05, 3.63) is 52.3 Å². The Hall–Kier alpha value is -2.34. The highest BCUT2D eigenvalue weighted by molar-refractivity contribution is 6.30. The van der Waals surface area contributed by atoms with Gasteiger partial charge in [0.25, 0.3) is 0 Å². The van der Waals surface area contributed by atoms with Crippen LogP contribution in [0, 0.1) is 0 Å². The van der Waals surface area contributed by atoms with Gasteiger partial charge in [-0.15, -0.1) is 0 Å². The Labute approximate surface area is 132 Å². The van der Waals surface area contributed by atoms with Crippen molar-refractivity contribution in [2.24, 2.45) is 0 Å². The topological polar surface area (TPSA) is 70.4 Å². The molecule has 0 aliphatic heterocycles. The molecule has 0 bridgehead atoms. The maximum Gasteiger partial charge on any atom is 0.341 e. The van der Waals surface area contributed by atoms with Crippen molar-refractivity contribution in [1.82, 2.24) is 9.78 Å². The molecule has 1 heterocycles. The predicted octanol–water partition coefficient (Wildman–Crippen LogP) is 2.09. The molecule has 0 aliphatic carbocycles. The average molecular weight is 323 g/mol. The number of methoxy groups -OCH3 is 2. The molecule has 0 radical (unpaired) electrons. The summed E-state index contributed by atoms with van der Waals surface area (Å²) in [5, 5.41) is 4.80. The van der Waals surface area contributed by atoms with Gasteiger partial charge >= 0.3 is 11.9 Å². The number of esters is 2. The summed E-state index contributed by atoms with van der Waals surface area (Å²) < 4.78 is 10.9. The molecule has 0 aliphatic rings. The maximum atomic E-state index is 11.8. The van der Waals surface area contributed by atoms with Gasteiger partial charge in [-0.3, -0.25) is 9.48 Å². The molecule has 6 nitrogen and oxygen atoms in total. The van der Waals surface area contributed by atoms with E-state index in [1.807, 2.05) is 12.1 Å². The van der Waals surface area contributed by atoms with E-state index in [0.717, 1.165) is 5.56 Å². The molecule has 0 atom stereocenters. The van der Waals surface area contributed by atoms with Gasteiger partial charge in [-0.1, -0.05) is 23.7 Å². The Morgan fingerprint density at radius 2 is 1.86 bits per heavy atom. The molecule has 0 saturated heterocycles. The molecule has 0 amide bonds. The lowest BCUT2D eigenvalue weighted by Gasteiger charge is -2.09. The van der Waals surface area contributed by atoms with E-state index in [4.69, 9.17) is 16.3 Å². The van der Waals surface area contributed by atoms with Crippen molar-refractivity contribution < 1.29 is 19.1 Å². The second kappa shape index (κ2) is 7.09. The second-order valence-electron chi connectivity index (χ2n) is 4.53. The Bertz CT molecular complexity index is 679. The van der Waals surface area contributed by atoms with Crippen molar-refractivity contribution in [3.63, 3.8) is 0 Å². The van der Waals surface area contributed by atoms with Crippen LogP contribution in [0.15, 0.2) is 30.5 Å². The first kappa shape index (κ1) is 16.0. The predicted molar refractivity (Wildman–Crippen MR) is 79.8 cm³/mol. The highest BCUT2D eigenvalue weighted by Crippen LogP contribution is 2.15. The van der Waals surface area contributed by atoms with Gasteiger partial charge in [-0.25, -0.2) is 4.79 Å². The molecule has 2 aromatic rings. The maximum absolute atomic E-state index is 11.8. The summed E-state index contributed by atoms with van der Waals surface area (Å²) in [5.74, 6) is -0.996. The third kappa shape index (κ3) is 3.65. The van der Waals surface area contributed by atoms with Crippen molar-refractivity contribution in [2.45, 2.75) is 13.0 Å². The van der Waals surface area contributed by atoms with Crippen LogP contribution in [0.25, 0.3) is 0 Å². The van der Waals surface area contributed by atoms with E-state index in [1.54, 1.807) is 16.8 Å². The first-order valence-electron chi connectivity index (χ1n) is 6.49. The van der Waals surface area contributed by atoms with E-state index in [-0.39, 0.29) is 12.0 Å². The smallest absolute Gasteiger partial charge is 0.341 e. The van der Waals surface area contributed by atoms with E-state index in [2.05, 4.69) is 9.84 Å². The quantitative estimate of drug-likeness (QED) is 0.788. The molecule has 116 valence electrons. The van der Waals surface area contributed by atoms with Crippen LogP contribution in [-0.4, -0.2) is 35.9 Å². The summed E-state index contributed by atoms with van der Waals surface area (Å²) in [6.45, 7) is 0.403. The first-order chi connectivity index (χ1) is 10.5. The van der Waals surface area contributed by atoms with Gasteiger partial charge in [-0.05, 0) is 17.7 Å². The van der Waals surface area contributed by atoms with Gasteiger partial charge < -0.3 is 9.47 Å². The van der Waals surface area contributed by atoms with Crippen LogP contribution in [0.1, 0.15) is 21.6 Å². The lowest BCUT2D eigenvalue weighted by molar-refractivity contribution is -0.139. The minimum Gasteiger partial charge on any atom is -0.469 e. The third-order valence-electron chi connectivity index (χ3n) is 3.14. The fraction of sp³-hybridized carbons (Fsp3) is 0.267. The molecule has 2 rings (SSSR count). The summed E-state index contributed by atoms with van der Waals surface area (Å²) in [4.78, 5) is 23.3. The summed E-state index contributed by atoms with van der Waals surface area (Å²) >= 11 is 5.85. The zero-order valence-corrected chi connectivity index (χ0v) is 13.0. The van der Waals surface area contributed by atoms with E-state index in [1.165, 1.54) is 20.4 Å². The largest absolute Gasteiger partial charge is 0.469 e. The standard InChI is InChI=1S/C15H15ClN2O4/c1-21-14(19)7-13-12(15(20)22-2)8-17-18(13)9-10-3-5-11(16)6-4-10/h3-6,8H,7,9H2,1-2H3. The SMILES string of the molecule is COC(=O)Cc1c(C(=O)OC)cnn1Cc1ccc(Cl)cc1. The number of carbonyl (C=O) groups is 2. The fourth-order valence-electron chi connectivity index (χ4n) is 1.99. The Kier molecular flexibility index (Phi) is 5.16. The van der Waals surface area contributed by atoms with Gasteiger partial charge in [-0.2, -0.15) is 5.10 Å². The number of carbonyl (C=O) groups excluding carboxylic acids is 2. The Balaban J connectivity index is 2.33. The molecule has 7 heteroatoms. The zero-order chi connectivity index (χ0) is 16.1. The minimum atomic E-state index is -0.541. The first-order valence-corrected chi connectivity index (χ1v) is 6.87. The van der Waals surface area contributed by atoms with Crippen LogP contribution in [-0.2, 0) is 27.2 Å². The number of nitrogens with zero attached hydrogens (tertiary/aromatic N) is 2. The normalized spacial score (nSPS) is 10.3. The zero-order valence-electron chi connectivity index (χ0n) is 12.2. The van der Waals surface area contributed by atoms with Crippen molar-refractivity contribution in [3.8, 4) is 0 Å². The molecular weight excluding hydrogens is 308 g/mol. The van der Waals surface area contributed by atoms with Crippen LogP contribution in [0.5, 0.6) is 0 Å². The van der Waals surface area contributed by atoms with Gasteiger partial charge in [0.05, 0.1) is 39.1 Å². The summed E-state index contributed by atoms with van der Waals surface area (Å²) in [6.07, 6.45) is 1.33. The highest BCUT2D eigenvalue weighted by Gasteiger charge is 2.20. The van der Waals surface area contributed by atoms with Crippen LogP contribution >= 0.6 is 11.6 Å². The fourth-order valence-corrected chi connectivity index (χ4v) is 2.11. The molecule has 0 saturated carbocycles. The van der Waals surface area contributed by atoms with Crippen LogP contribution in [0.2, 0.25) is 5.02 Å². The van der Waals surface area contributed by atoms with Gasteiger partial charge in [0.1, 0.15) is 5.56 Å². The molecule has 0 fully saturated rings. The molecule has 1 aromatic heterocycles. The lowest BCUT2D eigenvalue weighted by Crippen LogP contribution is -2.15. The number of benzene rings is 1. The van der Waals surface area contributed by atoms with E-state index >= 15 is 0 Å². The van der Waals surface area contributed by atoms with Gasteiger partial charge in [0.2, 0.25) is 0 Å². The molecular formula is C15H15ClN2O4. The number of aromatic nitrogens is 2. The van der Waals surface area contributed by atoms with Gasteiger partial charge in [0, 0.05) is 5.02 Å². The average Bonchev–Trinajstić information content (AvgIpc) is 2.91. The van der Waals surface area contributed by atoms with E-state index in [0.29, 0.717) is 17.3 Å².